The Morgan fingerprint density at radius 2 is 1.73 bits per heavy atom. The number of nitrogens with zero attached hydrogens (tertiary/aromatic N) is 2. The van der Waals surface area contributed by atoms with E-state index in [-0.39, 0.29) is 5.91 Å². The monoisotopic (exact) mass is 471 g/mol. The van der Waals surface area contributed by atoms with Crippen LogP contribution in [-0.2, 0) is 27.9 Å². The summed E-state index contributed by atoms with van der Waals surface area (Å²) in [6.07, 6.45) is 5.36. The van der Waals surface area contributed by atoms with Crippen LogP contribution in [0.5, 0.6) is 0 Å². The number of rotatable bonds is 9. The molecule has 1 amide bonds. The highest BCUT2D eigenvalue weighted by Gasteiger charge is 2.31. The Labute approximate surface area is 199 Å². The Balaban J connectivity index is 1.71. The number of hydrogen-bond acceptors (Lipinski definition) is 4. The quantitative estimate of drug-likeness (QED) is 0.597. The lowest BCUT2D eigenvalue weighted by Gasteiger charge is -2.30. The normalized spacial score (nSPS) is 15.8. The standard InChI is InChI=1S/C26H37N3O3S/c1-5-25(29(33(4,31)32)24-13-12-20(2)21(3)16-24)26(30)27-18-22-10-9-11-23(17-22)19-28-14-7-6-8-15-28/h9-13,16-17,25H,5-8,14-15,18-19H2,1-4H3,(H,27,30). The van der Waals surface area contributed by atoms with Crippen LogP contribution in [0.4, 0.5) is 5.69 Å². The van der Waals surface area contributed by atoms with Crippen LogP contribution >= 0.6 is 0 Å². The lowest BCUT2D eigenvalue weighted by molar-refractivity contribution is -0.122. The lowest BCUT2D eigenvalue weighted by atomic mass is 10.1. The molecule has 2 aromatic carbocycles. The van der Waals surface area contributed by atoms with Crippen molar-refractivity contribution < 1.29 is 13.2 Å². The zero-order valence-electron chi connectivity index (χ0n) is 20.3. The zero-order valence-corrected chi connectivity index (χ0v) is 21.1. The van der Waals surface area contributed by atoms with Gasteiger partial charge in [0.2, 0.25) is 15.9 Å². The van der Waals surface area contributed by atoms with Gasteiger partial charge in [-0.05, 0) is 80.6 Å². The van der Waals surface area contributed by atoms with Gasteiger partial charge in [0.05, 0.1) is 11.9 Å². The van der Waals surface area contributed by atoms with Gasteiger partial charge in [0, 0.05) is 13.1 Å². The van der Waals surface area contributed by atoms with Gasteiger partial charge in [-0.3, -0.25) is 14.0 Å². The molecule has 0 saturated carbocycles. The second-order valence-corrected chi connectivity index (χ2v) is 11.0. The van der Waals surface area contributed by atoms with Gasteiger partial charge in [0.25, 0.3) is 0 Å². The van der Waals surface area contributed by atoms with Crippen LogP contribution in [0.1, 0.15) is 54.9 Å². The van der Waals surface area contributed by atoms with E-state index in [1.54, 1.807) is 6.07 Å². The predicted octanol–water partition coefficient (Wildman–Crippen LogP) is 4.15. The first-order chi connectivity index (χ1) is 15.7. The number of carbonyl (C=O) groups is 1. The third-order valence-corrected chi connectivity index (χ3v) is 7.57. The number of hydrogen-bond donors (Lipinski definition) is 1. The minimum atomic E-state index is -3.64. The van der Waals surface area contributed by atoms with E-state index in [9.17, 15) is 13.2 Å². The fraction of sp³-hybridized carbons (Fsp3) is 0.500. The van der Waals surface area contributed by atoms with Gasteiger partial charge in [-0.1, -0.05) is 43.7 Å². The van der Waals surface area contributed by atoms with Gasteiger partial charge in [0.15, 0.2) is 0 Å². The van der Waals surface area contributed by atoms with Crippen molar-refractivity contribution in [3.63, 3.8) is 0 Å². The summed E-state index contributed by atoms with van der Waals surface area (Å²) in [7, 11) is -3.64. The third-order valence-electron chi connectivity index (χ3n) is 6.39. The van der Waals surface area contributed by atoms with Crippen LogP contribution in [-0.4, -0.2) is 44.6 Å². The van der Waals surface area contributed by atoms with Gasteiger partial charge in [-0.25, -0.2) is 8.42 Å². The van der Waals surface area contributed by atoms with Gasteiger partial charge < -0.3 is 5.32 Å². The summed E-state index contributed by atoms with van der Waals surface area (Å²) in [6.45, 7) is 9.33. The van der Waals surface area contributed by atoms with E-state index in [1.165, 1.54) is 29.1 Å². The molecule has 1 aliphatic rings. The highest BCUT2D eigenvalue weighted by molar-refractivity contribution is 7.92. The van der Waals surface area contributed by atoms with Crippen LogP contribution in [0.2, 0.25) is 0 Å². The Bertz CT molecular complexity index is 1060. The fourth-order valence-corrected chi connectivity index (χ4v) is 5.65. The highest BCUT2D eigenvalue weighted by Crippen LogP contribution is 2.25. The SMILES string of the molecule is CCC(C(=O)NCc1cccc(CN2CCCCC2)c1)N(c1ccc(C)c(C)c1)S(C)(=O)=O. The van der Waals surface area contributed by atoms with Crippen molar-refractivity contribution in [2.45, 2.75) is 65.6 Å². The molecule has 180 valence electrons. The first kappa shape index (κ1) is 25.2. The second kappa shape index (κ2) is 11.2. The van der Waals surface area contributed by atoms with Gasteiger partial charge in [-0.2, -0.15) is 0 Å². The molecule has 1 unspecified atom stereocenters. The maximum absolute atomic E-state index is 13.1. The van der Waals surface area contributed by atoms with Gasteiger partial charge in [-0.15, -0.1) is 0 Å². The topological polar surface area (TPSA) is 69.7 Å². The average Bonchev–Trinajstić information content (AvgIpc) is 2.78. The minimum absolute atomic E-state index is 0.289. The summed E-state index contributed by atoms with van der Waals surface area (Å²) in [5, 5.41) is 2.97. The Kier molecular flexibility index (Phi) is 8.54. The van der Waals surface area contributed by atoms with Crippen molar-refractivity contribution in [1.29, 1.82) is 0 Å². The molecule has 0 aromatic heterocycles. The van der Waals surface area contributed by atoms with Crippen LogP contribution in [0.15, 0.2) is 42.5 Å². The largest absolute Gasteiger partial charge is 0.350 e. The summed E-state index contributed by atoms with van der Waals surface area (Å²) in [4.78, 5) is 15.6. The first-order valence-corrected chi connectivity index (χ1v) is 13.7. The van der Waals surface area contributed by atoms with Gasteiger partial charge in [0.1, 0.15) is 6.04 Å². The maximum atomic E-state index is 13.1. The molecule has 7 heteroatoms. The molecule has 1 N–H and O–H groups in total. The van der Waals surface area contributed by atoms with E-state index in [0.717, 1.165) is 42.6 Å². The summed E-state index contributed by atoms with van der Waals surface area (Å²) in [6, 6.07) is 13.0. The molecular formula is C26H37N3O3S. The van der Waals surface area contributed by atoms with E-state index in [2.05, 4.69) is 22.3 Å². The minimum Gasteiger partial charge on any atom is -0.350 e. The number of sulfonamides is 1. The van der Waals surface area contributed by atoms with Crippen molar-refractivity contribution in [3.8, 4) is 0 Å². The highest BCUT2D eigenvalue weighted by atomic mass is 32.2. The number of anilines is 1. The summed E-state index contributed by atoms with van der Waals surface area (Å²) >= 11 is 0. The molecule has 0 aliphatic carbocycles. The first-order valence-electron chi connectivity index (χ1n) is 11.8. The zero-order chi connectivity index (χ0) is 24.0. The second-order valence-electron chi connectivity index (χ2n) is 9.13. The number of piperidine rings is 1. The van der Waals surface area contributed by atoms with Gasteiger partial charge >= 0.3 is 0 Å². The van der Waals surface area contributed by atoms with Crippen LogP contribution in [0.3, 0.4) is 0 Å². The number of amides is 1. The van der Waals surface area contributed by atoms with E-state index >= 15 is 0 Å². The number of benzene rings is 2. The molecule has 0 spiro atoms. The molecule has 1 saturated heterocycles. The summed E-state index contributed by atoms with van der Waals surface area (Å²) < 4.78 is 26.6. The summed E-state index contributed by atoms with van der Waals surface area (Å²) in [5.74, 6) is -0.289. The summed E-state index contributed by atoms with van der Waals surface area (Å²) in [5.41, 5.74) is 4.84. The number of likely N-dealkylation sites (tertiary alicyclic amines) is 1. The molecule has 2 aromatic rings. The fourth-order valence-electron chi connectivity index (χ4n) is 4.44. The van der Waals surface area contributed by atoms with E-state index in [0.29, 0.717) is 18.7 Å². The molecule has 1 heterocycles. The smallest absolute Gasteiger partial charge is 0.244 e. The van der Waals surface area contributed by atoms with Crippen molar-refractivity contribution in [2.24, 2.45) is 0 Å². The number of aryl methyl sites for hydroxylation is 2. The Morgan fingerprint density at radius 1 is 1.03 bits per heavy atom. The molecule has 0 radical (unpaired) electrons. The molecule has 1 fully saturated rings. The third kappa shape index (κ3) is 6.81. The average molecular weight is 472 g/mol. The number of carbonyl (C=O) groups excluding carboxylic acids is 1. The van der Waals surface area contributed by atoms with Crippen LogP contribution in [0, 0.1) is 13.8 Å². The van der Waals surface area contributed by atoms with Crippen LogP contribution in [0.25, 0.3) is 0 Å². The van der Waals surface area contributed by atoms with Crippen molar-refractivity contribution in [2.75, 3.05) is 23.7 Å². The van der Waals surface area contributed by atoms with Crippen LogP contribution < -0.4 is 9.62 Å². The van der Waals surface area contributed by atoms with E-state index in [1.807, 2.05) is 45.0 Å². The van der Waals surface area contributed by atoms with E-state index in [4.69, 9.17) is 0 Å². The molecule has 1 atom stereocenters. The predicted molar refractivity (Wildman–Crippen MR) is 135 cm³/mol. The molecule has 1 aliphatic heterocycles. The number of nitrogens with one attached hydrogen (secondary N) is 1. The van der Waals surface area contributed by atoms with E-state index < -0.39 is 16.1 Å². The van der Waals surface area contributed by atoms with Crippen molar-refractivity contribution >= 4 is 21.6 Å². The molecule has 6 nitrogen and oxygen atoms in total. The van der Waals surface area contributed by atoms with Crippen molar-refractivity contribution in [1.82, 2.24) is 10.2 Å². The molecule has 3 rings (SSSR count). The molecule has 33 heavy (non-hydrogen) atoms. The molecule has 0 bridgehead atoms. The lowest BCUT2D eigenvalue weighted by Crippen LogP contribution is -2.49. The Hall–Kier alpha value is -2.38. The Morgan fingerprint density at radius 3 is 2.36 bits per heavy atom. The maximum Gasteiger partial charge on any atom is 0.244 e. The molecular weight excluding hydrogens is 434 g/mol. The van der Waals surface area contributed by atoms with Crippen molar-refractivity contribution in [3.05, 3.63) is 64.7 Å².